The van der Waals surface area contributed by atoms with E-state index in [2.05, 4.69) is 12.1 Å². The molecule has 0 aromatic heterocycles. The fourth-order valence-electron chi connectivity index (χ4n) is 2.87. The summed E-state index contributed by atoms with van der Waals surface area (Å²) < 4.78 is 0. The molecule has 2 aliphatic rings. The number of rotatable bonds is 3. The molecular weight excluding hydrogens is 244 g/mol. The first-order chi connectivity index (χ1) is 9.16. The lowest BCUT2D eigenvalue weighted by molar-refractivity contribution is -0.497. The van der Waals surface area contributed by atoms with Crippen molar-refractivity contribution in [3.63, 3.8) is 0 Å². The first-order valence-corrected chi connectivity index (χ1v) is 6.64. The molecule has 1 aromatic carbocycles. The lowest BCUT2D eigenvalue weighted by atomic mass is 9.99. The van der Waals surface area contributed by atoms with E-state index in [1.807, 2.05) is 18.2 Å². The lowest BCUT2D eigenvalue weighted by Crippen LogP contribution is -2.31. The van der Waals surface area contributed by atoms with Crippen LogP contribution in [0.4, 0.5) is 0 Å². The summed E-state index contributed by atoms with van der Waals surface area (Å²) in [6.45, 7) is 1.42. The average molecular weight is 260 g/mol. The van der Waals surface area contributed by atoms with Crippen LogP contribution in [0.5, 0.6) is 0 Å². The summed E-state index contributed by atoms with van der Waals surface area (Å²) in [6, 6.07) is 9.51. The Balaban J connectivity index is 1.61. The van der Waals surface area contributed by atoms with Gasteiger partial charge in [-0.05, 0) is 12.0 Å². The summed E-state index contributed by atoms with van der Waals surface area (Å²) in [5.74, 6) is -0.0254. The minimum absolute atomic E-state index is 0.0277. The zero-order valence-electron chi connectivity index (χ0n) is 10.6. The van der Waals surface area contributed by atoms with Crippen molar-refractivity contribution in [3.8, 4) is 0 Å². The molecule has 19 heavy (non-hydrogen) atoms. The van der Waals surface area contributed by atoms with Gasteiger partial charge in [0.15, 0.2) is 0 Å². The molecule has 3 atom stereocenters. The number of nitro groups is 1. The van der Waals surface area contributed by atoms with Crippen LogP contribution in [0.25, 0.3) is 0 Å². The quantitative estimate of drug-likeness (QED) is 0.613. The SMILES string of the molecule is O=C([C@@H]1C[C@H]1[N+](=O)[O-])N1CC[C@@H](c2ccccc2)C1. The second-order valence-corrected chi connectivity index (χ2v) is 5.38. The van der Waals surface area contributed by atoms with Gasteiger partial charge in [0.05, 0.1) is 0 Å². The molecule has 3 rings (SSSR count). The third-order valence-electron chi connectivity index (χ3n) is 4.12. The minimum atomic E-state index is -0.636. The predicted octanol–water partition coefficient (Wildman–Crippen LogP) is 1.67. The molecule has 0 bridgehead atoms. The maximum atomic E-state index is 12.1. The Labute approximate surface area is 111 Å². The van der Waals surface area contributed by atoms with E-state index in [0.717, 1.165) is 13.0 Å². The summed E-state index contributed by atoms with van der Waals surface area (Å²) in [5, 5.41) is 10.6. The van der Waals surface area contributed by atoms with Crippen LogP contribution < -0.4 is 0 Å². The highest BCUT2D eigenvalue weighted by Gasteiger charge is 2.55. The number of carbonyl (C=O) groups excluding carboxylic acids is 1. The van der Waals surface area contributed by atoms with Gasteiger partial charge in [-0.3, -0.25) is 14.9 Å². The van der Waals surface area contributed by atoms with Gasteiger partial charge in [-0.2, -0.15) is 0 Å². The van der Waals surface area contributed by atoms with E-state index in [1.54, 1.807) is 4.90 Å². The van der Waals surface area contributed by atoms with Crippen LogP contribution in [-0.2, 0) is 4.79 Å². The zero-order chi connectivity index (χ0) is 13.4. The molecule has 5 heteroatoms. The fourth-order valence-corrected chi connectivity index (χ4v) is 2.87. The molecule has 100 valence electrons. The van der Waals surface area contributed by atoms with Gasteiger partial charge in [0, 0.05) is 30.4 Å². The zero-order valence-corrected chi connectivity index (χ0v) is 10.6. The van der Waals surface area contributed by atoms with Crippen molar-refractivity contribution in [1.82, 2.24) is 4.90 Å². The van der Waals surface area contributed by atoms with E-state index >= 15 is 0 Å². The Kier molecular flexibility index (Phi) is 2.97. The Bertz CT molecular complexity index is 503. The molecule has 0 unspecified atom stereocenters. The van der Waals surface area contributed by atoms with E-state index in [-0.39, 0.29) is 16.7 Å². The molecule has 0 radical (unpaired) electrons. The number of amides is 1. The van der Waals surface area contributed by atoms with Crippen molar-refractivity contribution in [2.45, 2.75) is 24.8 Å². The maximum absolute atomic E-state index is 12.1. The number of likely N-dealkylation sites (tertiary alicyclic amines) is 1. The molecular formula is C14H16N2O3. The molecule has 1 amide bonds. The number of hydrogen-bond donors (Lipinski definition) is 0. The number of nitrogens with zero attached hydrogens (tertiary/aromatic N) is 2. The van der Waals surface area contributed by atoms with Gasteiger partial charge in [0.25, 0.3) is 0 Å². The third kappa shape index (κ3) is 2.32. The van der Waals surface area contributed by atoms with Crippen LogP contribution in [0.1, 0.15) is 24.3 Å². The maximum Gasteiger partial charge on any atom is 0.232 e. The summed E-state index contributed by atoms with van der Waals surface area (Å²) in [6.07, 6.45) is 1.37. The standard InChI is InChI=1S/C14H16N2O3/c17-14(12-8-13(12)16(18)19)15-7-6-11(9-15)10-4-2-1-3-5-10/h1-5,11-13H,6-9H2/t11-,12-,13-/m1/s1. The Hall–Kier alpha value is -1.91. The van der Waals surface area contributed by atoms with Crippen molar-refractivity contribution in [1.29, 1.82) is 0 Å². The molecule has 0 spiro atoms. The first kappa shape index (κ1) is 12.1. The van der Waals surface area contributed by atoms with Crippen LogP contribution in [-0.4, -0.2) is 34.9 Å². The highest BCUT2D eigenvalue weighted by atomic mass is 16.6. The Morgan fingerprint density at radius 3 is 2.68 bits per heavy atom. The summed E-state index contributed by atoms with van der Waals surface area (Å²) in [5.41, 5.74) is 1.25. The highest BCUT2D eigenvalue weighted by Crippen LogP contribution is 2.37. The van der Waals surface area contributed by atoms with E-state index in [1.165, 1.54) is 5.56 Å². The summed E-state index contributed by atoms with van der Waals surface area (Å²) >= 11 is 0. The van der Waals surface area contributed by atoms with Crippen LogP contribution in [0.15, 0.2) is 30.3 Å². The van der Waals surface area contributed by atoms with Gasteiger partial charge in [-0.25, -0.2) is 0 Å². The fraction of sp³-hybridized carbons (Fsp3) is 0.500. The van der Waals surface area contributed by atoms with Gasteiger partial charge in [-0.1, -0.05) is 30.3 Å². The second kappa shape index (κ2) is 4.64. The molecule has 1 saturated carbocycles. The molecule has 1 heterocycles. The van der Waals surface area contributed by atoms with Crippen molar-refractivity contribution < 1.29 is 9.72 Å². The van der Waals surface area contributed by atoms with Crippen LogP contribution in [0, 0.1) is 16.0 Å². The third-order valence-corrected chi connectivity index (χ3v) is 4.12. The minimum Gasteiger partial charge on any atom is -0.342 e. The number of benzene rings is 1. The van der Waals surface area contributed by atoms with E-state index in [0.29, 0.717) is 18.9 Å². The van der Waals surface area contributed by atoms with Crippen molar-refractivity contribution >= 4 is 5.91 Å². The first-order valence-electron chi connectivity index (χ1n) is 6.64. The van der Waals surface area contributed by atoms with E-state index < -0.39 is 6.04 Å². The van der Waals surface area contributed by atoms with Gasteiger partial charge in [-0.15, -0.1) is 0 Å². The molecule has 1 aliphatic heterocycles. The van der Waals surface area contributed by atoms with E-state index in [9.17, 15) is 14.9 Å². The van der Waals surface area contributed by atoms with Gasteiger partial charge in [0.1, 0.15) is 5.92 Å². The molecule has 1 aromatic rings. The molecule has 1 saturated heterocycles. The average Bonchev–Trinajstić information content (AvgIpc) is 3.08. The second-order valence-electron chi connectivity index (χ2n) is 5.38. The molecule has 5 nitrogen and oxygen atoms in total. The summed E-state index contributed by atoms with van der Waals surface area (Å²) in [7, 11) is 0. The van der Waals surface area contributed by atoms with Crippen LogP contribution >= 0.6 is 0 Å². The number of hydrogen-bond acceptors (Lipinski definition) is 3. The molecule has 0 N–H and O–H groups in total. The predicted molar refractivity (Wildman–Crippen MR) is 69.3 cm³/mol. The molecule has 2 fully saturated rings. The van der Waals surface area contributed by atoms with Crippen LogP contribution in [0.3, 0.4) is 0 Å². The normalized spacial score (nSPS) is 29.3. The van der Waals surface area contributed by atoms with Crippen molar-refractivity contribution in [2.75, 3.05) is 13.1 Å². The van der Waals surface area contributed by atoms with Crippen LogP contribution in [0.2, 0.25) is 0 Å². The van der Waals surface area contributed by atoms with Crippen molar-refractivity contribution in [3.05, 3.63) is 46.0 Å². The highest BCUT2D eigenvalue weighted by molar-refractivity contribution is 5.82. The summed E-state index contributed by atoms with van der Waals surface area (Å²) in [4.78, 5) is 24.2. The topological polar surface area (TPSA) is 63.4 Å². The van der Waals surface area contributed by atoms with Gasteiger partial charge in [0.2, 0.25) is 11.9 Å². The van der Waals surface area contributed by atoms with E-state index in [4.69, 9.17) is 0 Å². The smallest absolute Gasteiger partial charge is 0.232 e. The Morgan fingerprint density at radius 2 is 2.05 bits per heavy atom. The molecule has 1 aliphatic carbocycles. The number of carbonyl (C=O) groups is 1. The van der Waals surface area contributed by atoms with Gasteiger partial charge >= 0.3 is 0 Å². The lowest BCUT2D eigenvalue weighted by Gasteiger charge is -2.16. The van der Waals surface area contributed by atoms with Gasteiger partial charge < -0.3 is 4.90 Å². The monoisotopic (exact) mass is 260 g/mol. The van der Waals surface area contributed by atoms with Crippen molar-refractivity contribution in [2.24, 2.45) is 5.92 Å². The largest absolute Gasteiger partial charge is 0.342 e. The Morgan fingerprint density at radius 1 is 1.32 bits per heavy atom.